The summed E-state index contributed by atoms with van der Waals surface area (Å²) in [6.45, 7) is 4.20. The molecule has 0 bridgehead atoms. The van der Waals surface area contributed by atoms with Gasteiger partial charge < -0.3 is 4.74 Å². The Morgan fingerprint density at radius 2 is 2.15 bits per heavy atom. The number of hydrogen-bond donors (Lipinski definition) is 0. The zero-order valence-electron chi connectivity index (χ0n) is 7.89. The van der Waals surface area contributed by atoms with Gasteiger partial charge >= 0.3 is 5.43 Å². The van der Waals surface area contributed by atoms with E-state index in [1.54, 1.807) is 0 Å². The van der Waals surface area contributed by atoms with Gasteiger partial charge in [-0.3, -0.25) is 0 Å². The van der Waals surface area contributed by atoms with E-state index < -0.39 is 5.43 Å². The molecular formula is C10H13ClO2. The van der Waals surface area contributed by atoms with Crippen molar-refractivity contribution in [3.63, 3.8) is 0 Å². The highest BCUT2D eigenvalue weighted by Gasteiger charge is 2.11. The van der Waals surface area contributed by atoms with Crippen molar-refractivity contribution >= 4 is 17.0 Å². The minimum Gasteiger partial charge on any atom is -0.419 e. The van der Waals surface area contributed by atoms with Crippen LogP contribution in [0.5, 0.6) is 0 Å². The van der Waals surface area contributed by atoms with E-state index in [0.717, 1.165) is 19.3 Å². The third-order valence-electron chi connectivity index (χ3n) is 2.17. The Hall–Kier alpha value is -0.760. The average molecular weight is 201 g/mol. The highest BCUT2D eigenvalue weighted by molar-refractivity contribution is 6.61. The lowest BCUT2D eigenvalue weighted by molar-refractivity contribution is 0.199. The van der Waals surface area contributed by atoms with Crippen LogP contribution in [0.1, 0.15) is 33.1 Å². The first-order valence-corrected chi connectivity index (χ1v) is 4.69. The summed E-state index contributed by atoms with van der Waals surface area (Å²) in [6.07, 6.45) is 4.55. The first-order chi connectivity index (χ1) is 6.09. The number of allylic oxidation sites excluding steroid dienone is 4. The van der Waals surface area contributed by atoms with E-state index in [-0.39, 0.29) is 0 Å². The number of hydrogen-bond acceptors (Lipinski definition) is 2. The second kappa shape index (κ2) is 4.47. The topological polar surface area (TPSA) is 26.3 Å². The lowest BCUT2D eigenvalue weighted by atomic mass is 9.96. The van der Waals surface area contributed by atoms with Crippen LogP contribution in [0, 0.1) is 0 Å². The minimum absolute atomic E-state index is 0.699. The van der Waals surface area contributed by atoms with Gasteiger partial charge in [0.2, 0.25) is 0 Å². The summed E-state index contributed by atoms with van der Waals surface area (Å²) >= 11 is 5.10. The summed E-state index contributed by atoms with van der Waals surface area (Å²) in [5.41, 5.74) is 2.04. The summed E-state index contributed by atoms with van der Waals surface area (Å²) in [5, 5.41) is 0. The summed E-state index contributed by atoms with van der Waals surface area (Å²) in [5.74, 6) is 0.699. The molecule has 0 aromatic rings. The van der Waals surface area contributed by atoms with E-state index in [9.17, 15) is 4.79 Å². The largest absolute Gasteiger partial charge is 0.419 e. The highest BCUT2D eigenvalue weighted by Crippen LogP contribution is 2.26. The van der Waals surface area contributed by atoms with Gasteiger partial charge in [-0.05, 0) is 32.8 Å². The fourth-order valence-electron chi connectivity index (χ4n) is 1.37. The van der Waals surface area contributed by atoms with Crippen LogP contribution in [0.4, 0.5) is 4.79 Å². The third kappa shape index (κ3) is 3.23. The normalized spacial score (nSPS) is 16.5. The highest BCUT2D eigenvalue weighted by atomic mass is 35.5. The van der Waals surface area contributed by atoms with Gasteiger partial charge in [0.15, 0.2) is 0 Å². The lowest BCUT2D eigenvalue weighted by Gasteiger charge is -2.15. The van der Waals surface area contributed by atoms with Crippen molar-refractivity contribution in [3.8, 4) is 0 Å². The molecule has 0 aromatic carbocycles. The number of carbonyl (C=O) groups is 1. The van der Waals surface area contributed by atoms with Gasteiger partial charge in [0.05, 0.1) is 0 Å². The number of rotatable bonds is 1. The molecule has 0 aliphatic heterocycles. The van der Waals surface area contributed by atoms with E-state index in [1.165, 1.54) is 11.1 Å². The molecule has 3 heteroatoms. The van der Waals surface area contributed by atoms with E-state index in [2.05, 4.69) is 13.8 Å². The van der Waals surface area contributed by atoms with Crippen LogP contribution in [-0.4, -0.2) is 5.43 Å². The SMILES string of the molecule is CC(C)=C1CC=C(OC(=O)Cl)CC1. The van der Waals surface area contributed by atoms with Crippen LogP contribution in [-0.2, 0) is 4.74 Å². The summed E-state index contributed by atoms with van der Waals surface area (Å²) in [7, 11) is 0. The molecule has 0 radical (unpaired) electrons. The number of carbonyl (C=O) groups excluding carboxylic acids is 1. The molecule has 0 atom stereocenters. The van der Waals surface area contributed by atoms with E-state index in [4.69, 9.17) is 16.3 Å². The molecule has 0 unspecified atom stereocenters. The van der Waals surface area contributed by atoms with Crippen molar-refractivity contribution in [2.75, 3.05) is 0 Å². The van der Waals surface area contributed by atoms with Crippen LogP contribution in [0.25, 0.3) is 0 Å². The maximum Gasteiger partial charge on any atom is 0.408 e. The fraction of sp³-hybridized carbons (Fsp3) is 0.500. The van der Waals surface area contributed by atoms with Crippen molar-refractivity contribution in [2.45, 2.75) is 33.1 Å². The Kier molecular flexibility index (Phi) is 3.55. The molecule has 0 heterocycles. The Balaban J connectivity index is 2.58. The van der Waals surface area contributed by atoms with Crippen molar-refractivity contribution < 1.29 is 9.53 Å². The van der Waals surface area contributed by atoms with Crippen molar-refractivity contribution in [1.29, 1.82) is 0 Å². The molecule has 0 saturated carbocycles. The van der Waals surface area contributed by atoms with Crippen molar-refractivity contribution in [3.05, 3.63) is 23.0 Å². The Bertz CT molecular complexity index is 273. The van der Waals surface area contributed by atoms with Crippen molar-refractivity contribution in [1.82, 2.24) is 0 Å². The molecule has 1 aliphatic carbocycles. The molecule has 0 saturated heterocycles. The zero-order valence-corrected chi connectivity index (χ0v) is 8.65. The zero-order chi connectivity index (χ0) is 9.84. The molecular weight excluding hydrogens is 188 g/mol. The van der Waals surface area contributed by atoms with Gasteiger partial charge in [-0.25, -0.2) is 4.79 Å². The first kappa shape index (κ1) is 10.3. The fourth-order valence-corrected chi connectivity index (χ4v) is 1.46. The minimum atomic E-state index is -0.744. The molecule has 0 N–H and O–H groups in total. The van der Waals surface area contributed by atoms with Crippen LogP contribution in [0.2, 0.25) is 0 Å². The van der Waals surface area contributed by atoms with Gasteiger partial charge in [-0.15, -0.1) is 0 Å². The maximum atomic E-state index is 10.4. The van der Waals surface area contributed by atoms with Gasteiger partial charge in [0.25, 0.3) is 0 Å². The standard InChI is InChI=1S/C10H13ClO2/c1-7(2)8-3-5-9(6-4-8)13-10(11)12/h5H,3-4,6H2,1-2H3. The van der Waals surface area contributed by atoms with Gasteiger partial charge in [0, 0.05) is 18.0 Å². The van der Waals surface area contributed by atoms with Crippen molar-refractivity contribution in [2.24, 2.45) is 0 Å². The van der Waals surface area contributed by atoms with E-state index in [1.807, 2.05) is 6.08 Å². The summed E-state index contributed by atoms with van der Waals surface area (Å²) in [4.78, 5) is 10.4. The van der Waals surface area contributed by atoms with Gasteiger partial charge in [0.1, 0.15) is 5.76 Å². The Morgan fingerprint density at radius 1 is 1.46 bits per heavy atom. The predicted molar refractivity (Wildman–Crippen MR) is 52.6 cm³/mol. The number of halogens is 1. The Labute approximate surface area is 83.2 Å². The molecule has 0 amide bonds. The van der Waals surface area contributed by atoms with Crippen LogP contribution < -0.4 is 0 Å². The number of ether oxygens (including phenoxy) is 1. The maximum absolute atomic E-state index is 10.4. The second-order valence-corrected chi connectivity index (χ2v) is 3.63. The Morgan fingerprint density at radius 3 is 2.54 bits per heavy atom. The predicted octanol–water partition coefficient (Wildman–Crippen LogP) is 3.77. The van der Waals surface area contributed by atoms with Crippen LogP contribution >= 0.6 is 11.6 Å². The monoisotopic (exact) mass is 200 g/mol. The first-order valence-electron chi connectivity index (χ1n) is 4.31. The van der Waals surface area contributed by atoms with Crippen LogP contribution in [0.15, 0.2) is 23.0 Å². The molecule has 1 aliphatic rings. The van der Waals surface area contributed by atoms with Crippen LogP contribution in [0.3, 0.4) is 0 Å². The van der Waals surface area contributed by atoms with Gasteiger partial charge in [-0.2, -0.15) is 0 Å². The quantitative estimate of drug-likeness (QED) is 0.476. The van der Waals surface area contributed by atoms with E-state index in [0.29, 0.717) is 5.76 Å². The third-order valence-corrected chi connectivity index (χ3v) is 2.24. The van der Waals surface area contributed by atoms with Gasteiger partial charge in [-0.1, -0.05) is 11.1 Å². The molecule has 0 fully saturated rings. The molecule has 0 aromatic heterocycles. The average Bonchev–Trinajstić information content (AvgIpc) is 2.04. The summed E-state index contributed by atoms with van der Waals surface area (Å²) in [6, 6.07) is 0. The molecule has 13 heavy (non-hydrogen) atoms. The smallest absolute Gasteiger partial charge is 0.408 e. The van der Waals surface area contributed by atoms with E-state index >= 15 is 0 Å². The molecule has 72 valence electrons. The molecule has 2 nitrogen and oxygen atoms in total. The lowest BCUT2D eigenvalue weighted by Crippen LogP contribution is -2.01. The molecule has 1 rings (SSSR count). The second-order valence-electron chi connectivity index (χ2n) is 3.32. The summed E-state index contributed by atoms with van der Waals surface area (Å²) < 4.78 is 4.78. The molecule has 0 spiro atoms.